The number of ether oxygens (including phenoxy) is 2. The molecule has 0 amide bonds. The zero-order chi connectivity index (χ0) is 14.1. The lowest BCUT2D eigenvalue weighted by Crippen LogP contribution is -2.20. The van der Waals surface area contributed by atoms with Gasteiger partial charge < -0.3 is 20.1 Å². The number of hydrogen-bond acceptors (Lipinski definition) is 5. The van der Waals surface area contributed by atoms with Gasteiger partial charge in [0, 0.05) is 25.7 Å². The van der Waals surface area contributed by atoms with Crippen LogP contribution in [0.3, 0.4) is 0 Å². The van der Waals surface area contributed by atoms with Gasteiger partial charge in [0.15, 0.2) is 11.5 Å². The van der Waals surface area contributed by atoms with E-state index in [-0.39, 0.29) is 0 Å². The van der Waals surface area contributed by atoms with Crippen molar-refractivity contribution in [1.82, 2.24) is 0 Å². The summed E-state index contributed by atoms with van der Waals surface area (Å²) in [6, 6.07) is 5.91. The van der Waals surface area contributed by atoms with Gasteiger partial charge in [0.05, 0.1) is 15.2 Å². The Morgan fingerprint density at radius 1 is 1.25 bits per heavy atom. The summed E-state index contributed by atoms with van der Waals surface area (Å²) in [6.07, 6.45) is 0. The molecule has 20 heavy (non-hydrogen) atoms. The van der Waals surface area contributed by atoms with Gasteiger partial charge in [-0.1, -0.05) is 0 Å². The van der Waals surface area contributed by atoms with Crippen molar-refractivity contribution in [2.45, 2.75) is 6.54 Å². The smallest absolute Gasteiger partial charge is 0.163 e. The van der Waals surface area contributed by atoms with Gasteiger partial charge in [0.25, 0.3) is 0 Å². The predicted octanol–water partition coefficient (Wildman–Crippen LogP) is 3.50. The Bertz CT molecular complexity index is 630. The monoisotopic (exact) mass is 354 g/mol. The van der Waals surface area contributed by atoms with E-state index in [9.17, 15) is 0 Å². The molecule has 1 aliphatic rings. The number of thiophene rings is 1. The predicted molar refractivity (Wildman–Crippen MR) is 86.0 cm³/mol. The summed E-state index contributed by atoms with van der Waals surface area (Å²) in [5.74, 6) is 1.49. The molecule has 6 heteroatoms. The van der Waals surface area contributed by atoms with Gasteiger partial charge in [-0.05, 0) is 32.9 Å². The van der Waals surface area contributed by atoms with E-state index in [1.165, 1.54) is 5.56 Å². The molecule has 0 atom stereocenters. The molecule has 0 fully saturated rings. The van der Waals surface area contributed by atoms with Crippen LogP contribution in [0.15, 0.2) is 27.4 Å². The Labute approximate surface area is 130 Å². The third-order valence-electron chi connectivity index (χ3n) is 3.14. The maximum atomic E-state index is 6.12. The highest BCUT2D eigenvalue weighted by Crippen LogP contribution is 2.38. The molecular formula is C14H15BrN2O2S. The Morgan fingerprint density at radius 2 is 1.95 bits per heavy atom. The van der Waals surface area contributed by atoms with Crippen LogP contribution in [-0.4, -0.2) is 20.3 Å². The summed E-state index contributed by atoms with van der Waals surface area (Å²) in [5.41, 5.74) is 9.02. The van der Waals surface area contributed by atoms with Gasteiger partial charge >= 0.3 is 0 Å². The largest absolute Gasteiger partial charge is 0.486 e. The summed E-state index contributed by atoms with van der Waals surface area (Å²) in [4.78, 5) is 2.11. The van der Waals surface area contributed by atoms with E-state index in [2.05, 4.69) is 32.3 Å². The van der Waals surface area contributed by atoms with Gasteiger partial charge in [-0.2, -0.15) is 0 Å². The zero-order valence-electron chi connectivity index (χ0n) is 11.1. The molecule has 0 saturated heterocycles. The van der Waals surface area contributed by atoms with Crippen molar-refractivity contribution in [3.05, 3.63) is 32.9 Å². The molecule has 0 saturated carbocycles. The molecular weight excluding hydrogens is 340 g/mol. The molecule has 1 aliphatic heterocycles. The first-order valence-electron chi connectivity index (χ1n) is 6.26. The molecule has 4 nitrogen and oxygen atoms in total. The second-order valence-electron chi connectivity index (χ2n) is 4.67. The van der Waals surface area contributed by atoms with E-state index >= 15 is 0 Å². The van der Waals surface area contributed by atoms with E-state index in [0.717, 1.165) is 27.5 Å². The maximum absolute atomic E-state index is 6.12. The number of fused-ring (bicyclic) bond motifs is 1. The zero-order valence-corrected chi connectivity index (χ0v) is 13.5. The molecule has 3 rings (SSSR count). The average molecular weight is 355 g/mol. The molecule has 1 aromatic heterocycles. The lowest BCUT2D eigenvalue weighted by molar-refractivity contribution is 0.172. The van der Waals surface area contributed by atoms with Crippen LogP contribution in [0.1, 0.15) is 5.56 Å². The van der Waals surface area contributed by atoms with Gasteiger partial charge in [-0.25, -0.2) is 0 Å². The fourth-order valence-corrected chi connectivity index (χ4v) is 3.41. The van der Waals surface area contributed by atoms with Crippen LogP contribution >= 0.6 is 27.3 Å². The molecule has 2 aromatic rings. The van der Waals surface area contributed by atoms with Gasteiger partial charge in [0.2, 0.25) is 0 Å². The van der Waals surface area contributed by atoms with E-state index in [4.69, 9.17) is 15.2 Å². The third kappa shape index (κ3) is 2.71. The van der Waals surface area contributed by atoms with E-state index in [1.54, 1.807) is 11.3 Å². The summed E-state index contributed by atoms with van der Waals surface area (Å²) in [7, 11) is 2.02. The fraction of sp³-hybridized carbons (Fsp3) is 0.286. The molecule has 0 aliphatic carbocycles. The lowest BCUT2D eigenvalue weighted by atomic mass is 10.2. The maximum Gasteiger partial charge on any atom is 0.163 e. The third-order valence-corrected chi connectivity index (χ3v) is 4.70. The van der Waals surface area contributed by atoms with E-state index in [0.29, 0.717) is 18.9 Å². The molecule has 0 bridgehead atoms. The number of anilines is 2. The lowest BCUT2D eigenvalue weighted by Gasteiger charge is -2.25. The van der Waals surface area contributed by atoms with Gasteiger partial charge in [0.1, 0.15) is 13.2 Å². The standard InChI is InChI=1S/C14H15BrN2O2S/c1-17(7-9-4-14(15)20-8-9)11-6-13-12(5-10(11)16)18-2-3-19-13/h4-6,8H,2-3,7,16H2,1H3. The highest BCUT2D eigenvalue weighted by Gasteiger charge is 2.16. The van der Waals surface area contributed by atoms with Crippen molar-refractivity contribution in [1.29, 1.82) is 0 Å². The first-order valence-corrected chi connectivity index (χ1v) is 7.94. The Hall–Kier alpha value is -1.40. The van der Waals surface area contributed by atoms with Crippen molar-refractivity contribution in [3.63, 3.8) is 0 Å². The molecule has 0 spiro atoms. The first-order chi connectivity index (χ1) is 9.63. The van der Waals surface area contributed by atoms with Crippen LogP contribution < -0.4 is 20.1 Å². The van der Waals surface area contributed by atoms with Crippen molar-refractivity contribution < 1.29 is 9.47 Å². The van der Waals surface area contributed by atoms with Crippen LogP contribution in [0.2, 0.25) is 0 Å². The fourth-order valence-electron chi connectivity index (χ4n) is 2.21. The van der Waals surface area contributed by atoms with Crippen molar-refractivity contribution in [2.75, 3.05) is 30.9 Å². The molecule has 106 valence electrons. The SMILES string of the molecule is CN(Cc1csc(Br)c1)c1cc2c(cc1N)OCCO2. The number of rotatable bonds is 3. The minimum absolute atomic E-state index is 0.574. The minimum atomic E-state index is 0.574. The molecule has 1 aromatic carbocycles. The Balaban J connectivity index is 1.85. The highest BCUT2D eigenvalue weighted by atomic mass is 79.9. The van der Waals surface area contributed by atoms with Crippen LogP contribution in [0.25, 0.3) is 0 Å². The van der Waals surface area contributed by atoms with Crippen LogP contribution in [0, 0.1) is 0 Å². The summed E-state index contributed by atoms with van der Waals surface area (Å²) in [5, 5.41) is 2.13. The minimum Gasteiger partial charge on any atom is -0.486 e. The number of nitrogens with zero attached hydrogens (tertiary/aromatic N) is 1. The number of halogens is 1. The number of nitrogen functional groups attached to an aromatic ring is 1. The number of benzene rings is 1. The summed E-state index contributed by atoms with van der Waals surface area (Å²) >= 11 is 5.16. The summed E-state index contributed by atoms with van der Waals surface area (Å²) < 4.78 is 12.3. The van der Waals surface area contributed by atoms with Crippen molar-refractivity contribution in [3.8, 4) is 11.5 Å². The molecule has 2 N–H and O–H groups in total. The van der Waals surface area contributed by atoms with Crippen molar-refractivity contribution >= 4 is 38.6 Å². The molecule has 0 radical (unpaired) electrons. The molecule has 2 heterocycles. The van der Waals surface area contributed by atoms with E-state index in [1.807, 2.05) is 19.2 Å². The van der Waals surface area contributed by atoms with Crippen LogP contribution in [-0.2, 0) is 6.54 Å². The topological polar surface area (TPSA) is 47.7 Å². The Kier molecular flexibility index (Phi) is 3.76. The van der Waals surface area contributed by atoms with Crippen LogP contribution in [0.5, 0.6) is 11.5 Å². The number of hydrogen-bond donors (Lipinski definition) is 1. The quantitative estimate of drug-likeness (QED) is 0.857. The highest BCUT2D eigenvalue weighted by molar-refractivity contribution is 9.11. The second-order valence-corrected chi connectivity index (χ2v) is 6.96. The number of nitrogens with two attached hydrogens (primary N) is 1. The Morgan fingerprint density at radius 3 is 2.60 bits per heavy atom. The van der Waals surface area contributed by atoms with Gasteiger partial charge in [-0.3, -0.25) is 0 Å². The van der Waals surface area contributed by atoms with Crippen molar-refractivity contribution in [2.24, 2.45) is 0 Å². The second kappa shape index (κ2) is 5.54. The average Bonchev–Trinajstić information content (AvgIpc) is 2.83. The molecule has 0 unspecified atom stereocenters. The first kappa shape index (κ1) is 13.6. The summed E-state index contributed by atoms with van der Waals surface area (Å²) in [6.45, 7) is 1.95. The normalized spacial score (nSPS) is 13.3. The van der Waals surface area contributed by atoms with E-state index < -0.39 is 0 Å². The van der Waals surface area contributed by atoms with Crippen LogP contribution in [0.4, 0.5) is 11.4 Å². The van der Waals surface area contributed by atoms with Gasteiger partial charge in [-0.15, -0.1) is 11.3 Å².